The van der Waals surface area contributed by atoms with E-state index in [4.69, 9.17) is 0 Å². The van der Waals surface area contributed by atoms with Crippen LogP contribution in [0.4, 0.5) is 17.6 Å². The first-order valence-electron chi connectivity index (χ1n) is 10.2. The van der Waals surface area contributed by atoms with E-state index >= 15 is 0 Å². The van der Waals surface area contributed by atoms with Gasteiger partial charge in [-0.15, -0.1) is 11.8 Å². The van der Waals surface area contributed by atoms with Crippen LogP contribution >= 0.6 is 11.8 Å². The van der Waals surface area contributed by atoms with E-state index in [1.165, 1.54) is 45.8 Å². The summed E-state index contributed by atoms with van der Waals surface area (Å²) in [7, 11) is 0. The molecule has 0 spiro atoms. The van der Waals surface area contributed by atoms with E-state index in [-0.39, 0.29) is 36.5 Å². The molecule has 2 aromatic carbocycles. The van der Waals surface area contributed by atoms with Gasteiger partial charge in [0.1, 0.15) is 11.2 Å². The van der Waals surface area contributed by atoms with Gasteiger partial charge in [0.25, 0.3) is 5.91 Å². The number of nitrogens with zero attached hydrogens (tertiary/aromatic N) is 2. The van der Waals surface area contributed by atoms with Crippen LogP contribution < -0.4 is 0 Å². The SMILES string of the molecule is CC1SC(c2cccc(C(F)(F)F)c2)N(CCN(C(=O)c2cccc(F)c2)C(C)C)C1=O. The van der Waals surface area contributed by atoms with E-state index in [0.29, 0.717) is 5.56 Å². The summed E-state index contributed by atoms with van der Waals surface area (Å²) in [5, 5.41) is -1.00. The maximum atomic E-state index is 13.6. The molecule has 0 aliphatic carbocycles. The minimum absolute atomic E-state index is 0.149. The lowest BCUT2D eigenvalue weighted by Gasteiger charge is -2.31. The quantitative estimate of drug-likeness (QED) is 0.536. The standard InChI is InChI=1S/C23H24F4N2O2S/c1-14(2)28(21(31)16-6-5-9-19(24)13-16)10-11-29-20(30)15(3)32-22(29)17-7-4-8-18(12-17)23(25,26)27/h4-9,12-15,22H,10-11H2,1-3H3. The van der Waals surface area contributed by atoms with Crippen molar-refractivity contribution in [2.75, 3.05) is 13.1 Å². The number of carbonyl (C=O) groups is 2. The van der Waals surface area contributed by atoms with Crippen LogP contribution in [0.5, 0.6) is 0 Å². The number of rotatable bonds is 6. The monoisotopic (exact) mass is 468 g/mol. The Bertz CT molecular complexity index is 996. The molecule has 32 heavy (non-hydrogen) atoms. The summed E-state index contributed by atoms with van der Waals surface area (Å²) in [5.74, 6) is -1.09. The lowest BCUT2D eigenvalue weighted by molar-refractivity contribution is -0.137. The number of benzene rings is 2. The zero-order chi connectivity index (χ0) is 23.6. The number of carbonyl (C=O) groups excluding carboxylic acids is 2. The van der Waals surface area contributed by atoms with Crippen molar-refractivity contribution in [2.45, 2.75) is 43.6 Å². The zero-order valence-electron chi connectivity index (χ0n) is 17.9. The van der Waals surface area contributed by atoms with Crippen molar-refractivity contribution in [3.05, 3.63) is 71.0 Å². The topological polar surface area (TPSA) is 40.6 Å². The second-order valence-electron chi connectivity index (χ2n) is 7.89. The van der Waals surface area contributed by atoms with Crippen LogP contribution in [-0.2, 0) is 11.0 Å². The van der Waals surface area contributed by atoms with Crippen LogP contribution in [0.3, 0.4) is 0 Å². The van der Waals surface area contributed by atoms with E-state index in [9.17, 15) is 27.2 Å². The fraction of sp³-hybridized carbons (Fsp3) is 0.391. The average Bonchev–Trinajstić information content (AvgIpc) is 3.01. The first-order chi connectivity index (χ1) is 15.0. The van der Waals surface area contributed by atoms with E-state index in [1.54, 1.807) is 13.0 Å². The van der Waals surface area contributed by atoms with Gasteiger partial charge < -0.3 is 9.80 Å². The highest BCUT2D eigenvalue weighted by atomic mass is 32.2. The van der Waals surface area contributed by atoms with Crippen LogP contribution in [-0.4, -0.2) is 46.0 Å². The molecule has 0 bridgehead atoms. The molecule has 2 unspecified atom stereocenters. The molecule has 172 valence electrons. The number of alkyl halides is 3. The zero-order valence-corrected chi connectivity index (χ0v) is 18.7. The van der Waals surface area contributed by atoms with E-state index in [2.05, 4.69) is 0 Å². The van der Waals surface area contributed by atoms with E-state index < -0.39 is 28.2 Å². The first kappa shape index (κ1) is 24.1. The molecule has 4 nitrogen and oxygen atoms in total. The highest BCUT2D eigenvalue weighted by Gasteiger charge is 2.40. The number of hydrogen-bond donors (Lipinski definition) is 0. The van der Waals surface area contributed by atoms with Gasteiger partial charge in [-0.05, 0) is 56.7 Å². The molecule has 1 saturated heterocycles. The Morgan fingerprint density at radius 1 is 1.16 bits per heavy atom. The molecular weight excluding hydrogens is 444 g/mol. The summed E-state index contributed by atoms with van der Waals surface area (Å²) in [4.78, 5) is 28.7. The van der Waals surface area contributed by atoms with Crippen molar-refractivity contribution in [1.82, 2.24) is 9.80 Å². The van der Waals surface area contributed by atoms with Crippen molar-refractivity contribution >= 4 is 23.6 Å². The van der Waals surface area contributed by atoms with Crippen molar-refractivity contribution in [2.24, 2.45) is 0 Å². The Balaban J connectivity index is 1.82. The second-order valence-corrected chi connectivity index (χ2v) is 9.31. The molecular formula is C23H24F4N2O2S. The van der Waals surface area contributed by atoms with E-state index in [0.717, 1.165) is 18.2 Å². The third-order valence-electron chi connectivity index (χ3n) is 5.28. The Kier molecular flexibility index (Phi) is 7.17. The van der Waals surface area contributed by atoms with Gasteiger partial charge in [0.05, 0.1) is 10.8 Å². The van der Waals surface area contributed by atoms with Crippen LogP contribution in [0, 0.1) is 5.82 Å². The molecule has 2 amide bonds. The van der Waals surface area contributed by atoms with Crippen molar-refractivity contribution < 1.29 is 27.2 Å². The Morgan fingerprint density at radius 2 is 1.84 bits per heavy atom. The summed E-state index contributed by atoms with van der Waals surface area (Å²) >= 11 is 1.28. The normalized spacial score (nSPS) is 19.0. The van der Waals surface area contributed by atoms with Crippen LogP contribution in [0.2, 0.25) is 0 Å². The second kappa shape index (κ2) is 9.52. The Hall–Kier alpha value is -2.55. The van der Waals surface area contributed by atoms with Gasteiger partial charge in [0.15, 0.2) is 0 Å². The summed E-state index contributed by atoms with van der Waals surface area (Å²) in [5.41, 5.74) is -0.189. The predicted molar refractivity (Wildman–Crippen MR) is 116 cm³/mol. The van der Waals surface area contributed by atoms with Crippen molar-refractivity contribution in [3.8, 4) is 0 Å². The number of thioether (sulfide) groups is 1. The maximum Gasteiger partial charge on any atom is 0.416 e. The van der Waals surface area contributed by atoms with Gasteiger partial charge in [-0.3, -0.25) is 9.59 Å². The fourth-order valence-corrected chi connectivity index (χ4v) is 4.92. The van der Waals surface area contributed by atoms with E-state index in [1.807, 2.05) is 13.8 Å². The fourth-order valence-electron chi connectivity index (χ4n) is 3.63. The molecule has 3 rings (SSSR count). The molecule has 9 heteroatoms. The van der Waals surface area contributed by atoms with Crippen LogP contribution in [0.25, 0.3) is 0 Å². The van der Waals surface area contributed by atoms with Gasteiger partial charge in [-0.25, -0.2) is 4.39 Å². The minimum atomic E-state index is -4.48. The van der Waals surface area contributed by atoms with Gasteiger partial charge in [-0.2, -0.15) is 13.2 Å². The lowest BCUT2D eigenvalue weighted by Crippen LogP contribution is -2.43. The summed E-state index contributed by atoms with van der Waals surface area (Å²) in [6.07, 6.45) is -4.48. The summed E-state index contributed by atoms with van der Waals surface area (Å²) < 4.78 is 53.1. The molecule has 2 atom stereocenters. The number of amides is 2. The van der Waals surface area contributed by atoms with Gasteiger partial charge in [0, 0.05) is 24.7 Å². The Morgan fingerprint density at radius 3 is 2.47 bits per heavy atom. The molecule has 1 heterocycles. The van der Waals surface area contributed by atoms with Crippen LogP contribution in [0.15, 0.2) is 48.5 Å². The third kappa shape index (κ3) is 5.26. The van der Waals surface area contributed by atoms with Gasteiger partial charge in [0.2, 0.25) is 5.91 Å². The maximum absolute atomic E-state index is 13.6. The molecule has 1 fully saturated rings. The van der Waals surface area contributed by atoms with Crippen molar-refractivity contribution in [1.29, 1.82) is 0 Å². The first-order valence-corrected chi connectivity index (χ1v) is 11.1. The summed E-state index contributed by atoms with van der Waals surface area (Å²) in [6.45, 7) is 5.65. The Labute approximate surface area is 188 Å². The number of halogens is 4. The highest BCUT2D eigenvalue weighted by Crippen LogP contribution is 2.44. The van der Waals surface area contributed by atoms with Crippen LogP contribution in [0.1, 0.15) is 47.6 Å². The molecule has 0 aromatic heterocycles. The highest BCUT2D eigenvalue weighted by molar-refractivity contribution is 8.01. The van der Waals surface area contributed by atoms with Gasteiger partial charge >= 0.3 is 6.18 Å². The lowest BCUT2D eigenvalue weighted by atomic mass is 10.1. The molecule has 1 aliphatic heterocycles. The van der Waals surface area contributed by atoms with Gasteiger partial charge in [-0.1, -0.05) is 18.2 Å². The third-order valence-corrected chi connectivity index (χ3v) is 6.68. The average molecular weight is 469 g/mol. The van der Waals surface area contributed by atoms with Crippen molar-refractivity contribution in [3.63, 3.8) is 0 Å². The molecule has 0 N–H and O–H groups in total. The molecule has 0 radical (unpaired) electrons. The largest absolute Gasteiger partial charge is 0.416 e. The summed E-state index contributed by atoms with van der Waals surface area (Å²) in [6, 6.07) is 10.1. The minimum Gasteiger partial charge on any atom is -0.334 e. The molecule has 2 aromatic rings. The molecule has 0 saturated carbocycles. The smallest absolute Gasteiger partial charge is 0.334 e. The predicted octanol–water partition coefficient (Wildman–Crippen LogP) is 5.36. The number of hydrogen-bond acceptors (Lipinski definition) is 3. The molecule has 1 aliphatic rings.